The van der Waals surface area contributed by atoms with Crippen molar-refractivity contribution in [1.29, 1.82) is 0 Å². The van der Waals surface area contributed by atoms with E-state index in [4.69, 9.17) is 0 Å². The van der Waals surface area contributed by atoms with Crippen molar-refractivity contribution in [3.05, 3.63) is 42.9 Å². The topological polar surface area (TPSA) is 3.24 Å². The highest BCUT2D eigenvalue weighted by Crippen LogP contribution is 2.16. The van der Waals surface area contributed by atoms with Crippen LogP contribution in [0.3, 0.4) is 0 Å². The Morgan fingerprint density at radius 2 is 1.82 bits per heavy atom. The first-order valence-electron chi connectivity index (χ1n) is 3.80. The normalized spacial score (nSPS) is 13.5. The third-order valence-electron chi connectivity index (χ3n) is 1.94. The van der Waals surface area contributed by atoms with E-state index in [2.05, 4.69) is 38.2 Å². The molecule has 0 aliphatic rings. The van der Waals surface area contributed by atoms with E-state index in [-0.39, 0.29) is 0 Å². The molecule has 1 nitrogen and oxygen atoms in total. The van der Waals surface area contributed by atoms with Crippen molar-refractivity contribution in [3.63, 3.8) is 0 Å². The Bertz CT molecular complexity index is 203. The molecule has 0 saturated carbocycles. The van der Waals surface area contributed by atoms with Gasteiger partial charge >= 0.3 is 0 Å². The second-order valence-electron chi connectivity index (χ2n) is 2.84. The zero-order valence-electron chi connectivity index (χ0n) is 7.12. The molecule has 0 radical (unpaired) electrons. The smallest absolute Gasteiger partial charge is 0.00420 e. The van der Waals surface area contributed by atoms with E-state index in [9.17, 15) is 0 Å². The molecule has 1 aromatic carbocycles. The van der Waals surface area contributed by atoms with Crippen LogP contribution in [0.4, 0.5) is 0 Å². The van der Waals surface area contributed by atoms with E-state index in [1.165, 1.54) is 5.56 Å². The molecule has 0 fully saturated rings. The maximum absolute atomic E-state index is 3.85. The monoisotopic (exact) mass is 148 g/mol. The zero-order valence-corrected chi connectivity index (χ0v) is 7.12. The van der Waals surface area contributed by atoms with Gasteiger partial charge < -0.3 is 4.90 Å². The third-order valence-corrected chi connectivity index (χ3v) is 1.94. The van der Waals surface area contributed by atoms with Gasteiger partial charge in [-0.1, -0.05) is 30.3 Å². The Balaban J connectivity index is 2.77. The minimum absolute atomic E-state index is 0.399. The average Bonchev–Trinajstić information content (AvgIpc) is 2.05. The van der Waals surface area contributed by atoms with Crippen LogP contribution in [-0.4, -0.2) is 11.9 Å². The number of hydrogen-bond acceptors (Lipinski definition) is 1. The van der Waals surface area contributed by atoms with E-state index in [0.717, 1.165) is 0 Å². The summed E-state index contributed by atoms with van der Waals surface area (Å²) in [5, 5.41) is 0. The third kappa shape index (κ3) is 2.05. The molecule has 0 N–H and O–H groups in total. The highest BCUT2D eigenvalue weighted by atomic mass is 15.1. The lowest BCUT2D eigenvalue weighted by molar-refractivity contribution is 0.356. The Kier molecular flexibility index (Phi) is 2.66. The second-order valence-corrected chi connectivity index (χ2v) is 2.84. The first-order valence-corrected chi connectivity index (χ1v) is 3.80. The highest BCUT2D eigenvalue weighted by Gasteiger charge is 2.00. The fraction of sp³-hybridized carbons (Fsp3) is 0.300. The molecule has 0 bridgehead atoms. The summed E-state index contributed by atoms with van der Waals surface area (Å²) in [5.74, 6) is 0. The molecular formula is C10H14N-. The predicted octanol–water partition coefficient (Wildman–Crippen LogP) is 2.47. The summed E-state index contributed by atoms with van der Waals surface area (Å²) < 4.78 is 0. The summed E-state index contributed by atoms with van der Waals surface area (Å²) in [6.45, 7) is 2.14. The Morgan fingerprint density at radius 1 is 1.27 bits per heavy atom. The number of nitrogens with zero attached hydrogens (tertiary/aromatic N) is 1. The lowest BCUT2D eigenvalue weighted by Crippen LogP contribution is -2.13. The first-order chi connectivity index (χ1) is 5.22. The molecule has 0 heterocycles. The average molecular weight is 148 g/mol. The fourth-order valence-electron chi connectivity index (χ4n) is 0.986. The molecule has 1 atom stereocenters. The van der Waals surface area contributed by atoms with Crippen LogP contribution in [0.15, 0.2) is 30.3 Å². The van der Waals surface area contributed by atoms with Crippen LogP contribution in [0.1, 0.15) is 18.5 Å². The van der Waals surface area contributed by atoms with Gasteiger partial charge in [0.2, 0.25) is 0 Å². The van der Waals surface area contributed by atoms with Crippen molar-refractivity contribution >= 4 is 0 Å². The van der Waals surface area contributed by atoms with Gasteiger partial charge in [-0.2, -0.15) is 0 Å². The molecule has 1 unspecified atom stereocenters. The van der Waals surface area contributed by atoms with Gasteiger partial charge in [-0.25, -0.2) is 0 Å². The maximum atomic E-state index is 3.85. The van der Waals surface area contributed by atoms with Crippen LogP contribution < -0.4 is 0 Å². The van der Waals surface area contributed by atoms with Crippen LogP contribution >= 0.6 is 0 Å². The summed E-state index contributed by atoms with van der Waals surface area (Å²) in [4.78, 5) is 1.95. The molecular weight excluding hydrogens is 134 g/mol. The molecule has 0 aromatic heterocycles. The van der Waals surface area contributed by atoms with E-state index in [1.807, 2.05) is 18.0 Å². The summed E-state index contributed by atoms with van der Waals surface area (Å²) in [6.07, 6.45) is 0. The number of benzene rings is 1. The Labute approximate surface area is 68.7 Å². The molecule has 60 valence electrons. The molecule has 0 aliphatic carbocycles. The van der Waals surface area contributed by atoms with Crippen molar-refractivity contribution in [1.82, 2.24) is 4.90 Å². The van der Waals surface area contributed by atoms with Crippen molar-refractivity contribution in [2.75, 3.05) is 7.05 Å². The lowest BCUT2D eigenvalue weighted by Gasteiger charge is -2.27. The molecule has 0 saturated heterocycles. The van der Waals surface area contributed by atoms with Crippen molar-refractivity contribution in [2.45, 2.75) is 13.0 Å². The highest BCUT2D eigenvalue weighted by molar-refractivity contribution is 5.18. The Hall–Kier alpha value is -0.820. The summed E-state index contributed by atoms with van der Waals surface area (Å²) >= 11 is 0. The SMILES string of the molecule is [CH2-]N(C)C(C)c1ccccc1. The van der Waals surface area contributed by atoms with Gasteiger partial charge in [0.05, 0.1) is 0 Å². The van der Waals surface area contributed by atoms with Gasteiger partial charge in [-0.15, -0.1) is 0 Å². The predicted molar refractivity (Wildman–Crippen MR) is 48.0 cm³/mol. The fourth-order valence-corrected chi connectivity index (χ4v) is 0.986. The zero-order chi connectivity index (χ0) is 8.27. The van der Waals surface area contributed by atoms with Gasteiger partial charge in [-0.3, -0.25) is 7.05 Å². The molecule has 0 amide bonds. The quantitative estimate of drug-likeness (QED) is 0.582. The largest absolute Gasteiger partial charge is 0.456 e. The van der Waals surface area contributed by atoms with Gasteiger partial charge in [0.15, 0.2) is 0 Å². The van der Waals surface area contributed by atoms with E-state index >= 15 is 0 Å². The van der Waals surface area contributed by atoms with Crippen LogP contribution in [0, 0.1) is 7.05 Å². The summed E-state index contributed by atoms with van der Waals surface area (Å²) in [5.41, 5.74) is 1.31. The minimum atomic E-state index is 0.399. The van der Waals surface area contributed by atoms with Crippen molar-refractivity contribution < 1.29 is 0 Å². The number of hydrogen-bond donors (Lipinski definition) is 0. The minimum Gasteiger partial charge on any atom is -0.456 e. The van der Waals surface area contributed by atoms with Crippen LogP contribution in [-0.2, 0) is 0 Å². The van der Waals surface area contributed by atoms with Crippen molar-refractivity contribution in [3.8, 4) is 0 Å². The first kappa shape index (κ1) is 8.28. The van der Waals surface area contributed by atoms with Crippen molar-refractivity contribution in [2.24, 2.45) is 0 Å². The second kappa shape index (κ2) is 3.54. The van der Waals surface area contributed by atoms with E-state index in [0.29, 0.717) is 6.04 Å². The molecule has 11 heavy (non-hydrogen) atoms. The lowest BCUT2D eigenvalue weighted by atomic mass is 10.1. The van der Waals surface area contributed by atoms with E-state index in [1.54, 1.807) is 0 Å². The van der Waals surface area contributed by atoms with Crippen LogP contribution in [0.25, 0.3) is 0 Å². The van der Waals surface area contributed by atoms with Gasteiger partial charge in [0.25, 0.3) is 0 Å². The molecule has 1 rings (SSSR count). The standard InChI is InChI=1S/C10H14N/c1-9(11(2)3)10-7-5-4-6-8-10/h4-9H,2H2,1,3H3/q-1. The van der Waals surface area contributed by atoms with Crippen LogP contribution in [0.5, 0.6) is 0 Å². The Morgan fingerprint density at radius 3 is 2.27 bits per heavy atom. The molecule has 0 aliphatic heterocycles. The van der Waals surface area contributed by atoms with Crippen LogP contribution in [0.2, 0.25) is 0 Å². The summed E-state index contributed by atoms with van der Waals surface area (Å²) in [6, 6.07) is 10.8. The molecule has 1 heteroatoms. The van der Waals surface area contributed by atoms with Gasteiger partial charge in [-0.05, 0) is 19.5 Å². The molecule has 0 spiro atoms. The maximum Gasteiger partial charge on any atom is 0.00420 e. The molecule has 1 aromatic rings. The summed E-state index contributed by atoms with van der Waals surface area (Å²) in [7, 11) is 5.83. The van der Waals surface area contributed by atoms with Gasteiger partial charge in [0.1, 0.15) is 0 Å². The van der Waals surface area contributed by atoms with E-state index < -0.39 is 0 Å². The van der Waals surface area contributed by atoms with Gasteiger partial charge in [0, 0.05) is 6.04 Å². The number of rotatable bonds is 2.